The second-order valence-corrected chi connectivity index (χ2v) is 7.41. The number of hydrogen-bond acceptors (Lipinski definition) is 1. The molecule has 0 amide bonds. The van der Waals surface area contributed by atoms with Crippen LogP contribution in [0.3, 0.4) is 0 Å². The Morgan fingerprint density at radius 3 is 2.48 bits per heavy atom. The Morgan fingerprint density at radius 2 is 1.81 bits per heavy atom. The average molecular weight is 319 g/mol. The lowest BCUT2D eigenvalue weighted by Crippen LogP contribution is -2.04. The fraction of sp³-hybridized carbons (Fsp3) is 0.474. The Morgan fingerprint density at radius 1 is 1.10 bits per heavy atom. The molecule has 1 heterocycles. The van der Waals surface area contributed by atoms with Crippen molar-refractivity contribution in [2.45, 2.75) is 56.7 Å². The molecule has 2 heteroatoms. The first-order chi connectivity index (χ1) is 10.3. The molecule has 1 saturated carbocycles. The van der Waals surface area contributed by atoms with Gasteiger partial charge in [-0.25, -0.2) is 0 Å². The van der Waals surface area contributed by atoms with Crippen LogP contribution >= 0.6 is 22.9 Å². The van der Waals surface area contributed by atoms with Crippen molar-refractivity contribution >= 4 is 22.9 Å². The van der Waals surface area contributed by atoms with Gasteiger partial charge < -0.3 is 0 Å². The van der Waals surface area contributed by atoms with Crippen LogP contribution in [0.25, 0.3) is 0 Å². The van der Waals surface area contributed by atoms with Crippen LogP contribution in [0.2, 0.25) is 0 Å². The third-order valence-corrected chi connectivity index (χ3v) is 6.32. The number of benzene rings is 1. The van der Waals surface area contributed by atoms with E-state index in [-0.39, 0.29) is 5.38 Å². The third kappa shape index (κ3) is 3.35. The van der Waals surface area contributed by atoms with Gasteiger partial charge in [0.25, 0.3) is 0 Å². The molecule has 0 saturated heterocycles. The summed E-state index contributed by atoms with van der Waals surface area (Å²) < 4.78 is 0. The van der Waals surface area contributed by atoms with E-state index in [2.05, 4.69) is 42.6 Å². The molecule has 112 valence electrons. The van der Waals surface area contributed by atoms with Crippen LogP contribution in [0.15, 0.2) is 35.7 Å². The van der Waals surface area contributed by atoms with Crippen molar-refractivity contribution in [3.05, 3.63) is 57.3 Å². The quantitative estimate of drug-likeness (QED) is 0.551. The normalized spacial score (nSPS) is 17.8. The molecule has 3 rings (SSSR count). The van der Waals surface area contributed by atoms with Crippen LogP contribution in [-0.2, 0) is 6.42 Å². The summed E-state index contributed by atoms with van der Waals surface area (Å²) in [6.07, 6.45) is 7.96. The second kappa shape index (κ2) is 6.98. The Bertz CT molecular complexity index is 564. The molecule has 0 nitrogen and oxygen atoms in total. The number of alkyl halides is 1. The fourth-order valence-electron chi connectivity index (χ4n) is 3.39. The molecule has 1 fully saturated rings. The van der Waals surface area contributed by atoms with Gasteiger partial charge in [-0.3, -0.25) is 0 Å². The van der Waals surface area contributed by atoms with Gasteiger partial charge in [0.1, 0.15) is 0 Å². The number of aryl methyl sites for hydroxylation is 1. The Hall–Kier alpha value is -0.790. The van der Waals surface area contributed by atoms with Crippen LogP contribution in [0.1, 0.15) is 71.9 Å². The molecule has 0 N–H and O–H groups in total. The van der Waals surface area contributed by atoms with E-state index in [1.165, 1.54) is 53.7 Å². The lowest BCUT2D eigenvalue weighted by Gasteiger charge is -2.22. The fourth-order valence-corrected chi connectivity index (χ4v) is 4.82. The Kier molecular flexibility index (Phi) is 5.03. The number of rotatable bonds is 4. The first-order valence-electron chi connectivity index (χ1n) is 8.09. The summed E-state index contributed by atoms with van der Waals surface area (Å²) >= 11 is 8.48. The monoisotopic (exact) mass is 318 g/mol. The first-order valence-corrected chi connectivity index (χ1v) is 9.41. The van der Waals surface area contributed by atoms with Gasteiger partial charge in [0, 0.05) is 4.88 Å². The van der Waals surface area contributed by atoms with Crippen molar-refractivity contribution in [3.63, 3.8) is 0 Å². The van der Waals surface area contributed by atoms with E-state index >= 15 is 0 Å². The molecule has 1 aliphatic carbocycles. The van der Waals surface area contributed by atoms with E-state index in [1.54, 1.807) is 11.3 Å². The summed E-state index contributed by atoms with van der Waals surface area (Å²) in [4.78, 5) is 1.31. The molecule has 2 aromatic rings. The number of hydrogen-bond donors (Lipinski definition) is 0. The molecule has 0 spiro atoms. The zero-order valence-electron chi connectivity index (χ0n) is 12.6. The van der Waals surface area contributed by atoms with E-state index in [1.807, 2.05) is 0 Å². The van der Waals surface area contributed by atoms with Crippen LogP contribution < -0.4 is 0 Å². The molecule has 0 aliphatic heterocycles. The molecule has 1 unspecified atom stereocenters. The smallest absolute Gasteiger partial charge is 0.0930 e. The van der Waals surface area contributed by atoms with Crippen molar-refractivity contribution in [3.8, 4) is 0 Å². The minimum atomic E-state index is 0.000329. The van der Waals surface area contributed by atoms with Gasteiger partial charge >= 0.3 is 0 Å². The van der Waals surface area contributed by atoms with Crippen LogP contribution in [0, 0.1) is 0 Å². The van der Waals surface area contributed by atoms with Gasteiger partial charge in [-0.1, -0.05) is 50.5 Å². The minimum Gasteiger partial charge on any atom is -0.147 e. The van der Waals surface area contributed by atoms with Gasteiger partial charge in [0.2, 0.25) is 0 Å². The predicted molar refractivity (Wildman–Crippen MR) is 93.7 cm³/mol. The van der Waals surface area contributed by atoms with E-state index < -0.39 is 0 Å². The summed E-state index contributed by atoms with van der Waals surface area (Å²) in [6.45, 7) is 2.20. The average Bonchev–Trinajstić information content (AvgIpc) is 3.04. The van der Waals surface area contributed by atoms with Crippen LogP contribution in [-0.4, -0.2) is 0 Å². The van der Waals surface area contributed by atoms with Gasteiger partial charge in [0.05, 0.1) is 5.38 Å². The van der Waals surface area contributed by atoms with Crippen LogP contribution in [0.5, 0.6) is 0 Å². The zero-order chi connectivity index (χ0) is 14.7. The number of halogens is 1. The Labute approximate surface area is 137 Å². The summed E-state index contributed by atoms with van der Waals surface area (Å²) in [7, 11) is 0. The highest BCUT2D eigenvalue weighted by Gasteiger charge is 2.18. The first kappa shape index (κ1) is 15.1. The van der Waals surface area contributed by atoms with Gasteiger partial charge in [-0.2, -0.15) is 0 Å². The Balaban J connectivity index is 1.77. The van der Waals surface area contributed by atoms with Crippen molar-refractivity contribution in [2.75, 3.05) is 0 Å². The second-order valence-electron chi connectivity index (χ2n) is 6.03. The molecule has 0 bridgehead atoms. The van der Waals surface area contributed by atoms with Crippen molar-refractivity contribution in [2.24, 2.45) is 0 Å². The predicted octanol–water partition coefficient (Wildman–Crippen LogP) is 6.69. The van der Waals surface area contributed by atoms with E-state index in [0.29, 0.717) is 0 Å². The molecule has 1 aromatic heterocycles. The van der Waals surface area contributed by atoms with Crippen LogP contribution in [0.4, 0.5) is 0 Å². The van der Waals surface area contributed by atoms with E-state index in [9.17, 15) is 0 Å². The lowest BCUT2D eigenvalue weighted by molar-refractivity contribution is 0.443. The van der Waals surface area contributed by atoms with Gasteiger partial charge in [-0.05, 0) is 53.3 Å². The summed E-state index contributed by atoms with van der Waals surface area (Å²) in [5, 5.41) is 2.15. The van der Waals surface area contributed by atoms with Crippen molar-refractivity contribution in [1.29, 1.82) is 0 Å². The highest BCUT2D eigenvalue weighted by molar-refractivity contribution is 7.10. The topological polar surface area (TPSA) is 0 Å². The minimum absolute atomic E-state index is 0.000329. The summed E-state index contributed by atoms with van der Waals surface area (Å²) in [6, 6.07) is 11.3. The standard InChI is InChI=1S/C19H23ClS/c1-2-14-12-13-21-19(14)18(20)17-10-8-16(9-11-17)15-6-4-3-5-7-15/h8-13,15,18H,2-7H2,1H3. The molecule has 1 aliphatic rings. The van der Waals surface area contributed by atoms with E-state index in [0.717, 1.165) is 12.3 Å². The molecule has 1 atom stereocenters. The molecule has 0 radical (unpaired) electrons. The van der Waals surface area contributed by atoms with Crippen molar-refractivity contribution in [1.82, 2.24) is 0 Å². The molecule has 1 aromatic carbocycles. The maximum absolute atomic E-state index is 6.71. The molecular formula is C19H23ClS. The number of thiophene rings is 1. The van der Waals surface area contributed by atoms with Crippen molar-refractivity contribution < 1.29 is 0 Å². The highest BCUT2D eigenvalue weighted by Crippen LogP contribution is 2.37. The van der Waals surface area contributed by atoms with E-state index in [4.69, 9.17) is 11.6 Å². The van der Waals surface area contributed by atoms with Gasteiger partial charge in [0.15, 0.2) is 0 Å². The van der Waals surface area contributed by atoms with Gasteiger partial charge in [-0.15, -0.1) is 22.9 Å². The highest BCUT2D eigenvalue weighted by atomic mass is 35.5. The maximum atomic E-state index is 6.71. The summed E-state index contributed by atoms with van der Waals surface area (Å²) in [5.41, 5.74) is 4.12. The lowest BCUT2D eigenvalue weighted by atomic mass is 9.84. The maximum Gasteiger partial charge on any atom is 0.0930 e. The third-order valence-electron chi connectivity index (χ3n) is 4.70. The molecular weight excluding hydrogens is 296 g/mol. The molecule has 21 heavy (non-hydrogen) atoms. The zero-order valence-corrected chi connectivity index (χ0v) is 14.2. The SMILES string of the molecule is CCc1ccsc1C(Cl)c1ccc(C2CCCCC2)cc1. The summed E-state index contributed by atoms with van der Waals surface area (Å²) in [5.74, 6) is 0.773. The largest absolute Gasteiger partial charge is 0.147 e.